The van der Waals surface area contributed by atoms with Crippen LogP contribution in [0.1, 0.15) is 10.5 Å². The van der Waals surface area contributed by atoms with Crippen LogP contribution >= 0.6 is 0 Å². The first-order valence-electron chi connectivity index (χ1n) is 5.52. The van der Waals surface area contributed by atoms with Gasteiger partial charge in [-0.25, -0.2) is 17.4 Å². The molecule has 1 heterocycles. The van der Waals surface area contributed by atoms with Gasteiger partial charge >= 0.3 is 5.97 Å². The number of carboxylic acid groups (broad SMARTS) is 1. The molecular formula is C9H15N5O5S. The third-order valence-electron chi connectivity index (χ3n) is 2.27. The lowest BCUT2D eigenvalue weighted by Crippen LogP contribution is -2.34. The fourth-order valence-corrected chi connectivity index (χ4v) is 1.91. The summed E-state index contributed by atoms with van der Waals surface area (Å²) >= 11 is 0. The van der Waals surface area contributed by atoms with Gasteiger partial charge < -0.3 is 10.4 Å². The van der Waals surface area contributed by atoms with Crippen LogP contribution in [0.4, 0.5) is 0 Å². The standard InChI is InChI=1S/C9H15N5O5S/c1-13(2)20(18,19)4-3-10-9(17)7-5-14(12-11-7)6-8(15)16/h5H,3-4,6H2,1-2H3,(H,10,17)(H,15,16). The lowest BCUT2D eigenvalue weighted by Gasteiger charge is -2.10. The van der Waals surface area contributed by atoms with Gasteiger partial charge in [-0.1, -0.05) is 5.21 Å². The van der Waals surface area contributed by atoms with Crippen LogP contribution in [0.3, 0.4) is 0 Å². The monoisotopic (exact) mass is 305 g/mol. The summed E-state index contributed by atoms with van der Waals surface area (Å²) in [6.45, 7) is -0.486. The molecule has 0 saturated heterocycles. The summed E-state index contributed by atoms with van der Waals surface area (Å²) in [5, 5.41) is 17.9. The molecular weight excluding hydrogens is 290 g/mol. The fourth-order valence-electron chi connectivity index (χ4n) is 1.18. The second-order valence-corrected chi connectivity index (χ2v) is 6.35. The van der Waals surface area contributed by atoms with E-state index in [9.17, 15) is 18.0 Å². The lowest BCUT2D eigenvalue weighted by atomic mass is 10.4. The second kappa shape index (κ2) is 6.43. The van der Waals surface area contributed by atoms with E-state index in [2.05, 4.69) is 15.6 Å². The number of nitrogens with zero attached hydrogens (tertiary/aromatic N) is 4. The molecule has 1 aromatic heterocycles. The van der Waals surface area contributed by atoms with Gasteiger partial charge in [0, 0.05) is 20.6 Å². The Morgan fingerprint density at radius 2 is 2.10 bits per heavy atom. The zero-order valence-electron chi connectivity index (χ0n) is 11.0. The van der Waals surface area contributed by atoms with Gasteiger partial charge in [-0.15, -0.1) is 5.10 Å². The average Bonchev–Trinajstić information content (AvgIpc) is 2.76. The Kier molecular flexibility index (Phi) is 5.16. The van der Waals surface area contributed by atoms with E-state index in [1.165, 1.54) is 20.3 Å². The van der Waals surface area contributed by atoms with Crippen molar-refractivity contribution in [2.24, 2.45) is 0 Å². The minimum Gasteiger partial charge on any atom is -0.480 e. The molecule has 0 aliphatic carbocycles. The first-order valence-corrected chi connectivity index (χ1v) is 7.13. The molecule has 1 aromatic rings. The summed E-state index contributed by atoms with van der Waals surface area (Å²) in [6, 6.07) is 0. The highest BCUT2D eigenvalue weighted by Crippen LogP contribution is 1.95. The molecule has 11 heteroatoms. The number of nitrogens with one attached hydrogen (secondary N) is 1. The van der Waals surface area contributed by atoms with Crippen molar-refractivity contribution in [3.05, 3.63) is 11.9 Å². The van der Waals surface area contributed by atoms with Crippen LogP contribution in [0, 0.1) is 0 Å². The van der Waals surface area contributed by atoms with Crippen molar-refractivity contribution in [1.82, 2.24) is 24.6 Å². The predicted molar refractivity (Wildman–Crippen MR) is 67.5 cm³/mol. The summed E-state index contributed by atoms with van der Waals surface area (Å²) < 4.78 is 25.0. The summed E-state index contributed by atoms with van der Waals surface area (Å²) in [5.41, 5.74) is -0.0755. The maximum absolute atomic E-state index is 11.6. The van der Waals surface area contributed by atoms with E-state index in [0.717, 1.165) is 8.99 Å². The minimum absolute atomic E-state index is 0.0755. The van der Waals surface area contributed by atoms with Crippen LogP contribution < -0.4 is 5.32 Å². The average molecular weight is 305 g/mol. The highest BCUT2D eigenvalue weighted by molar-refractivity contribution is 7.89. The van der Waals surface area contributed by atoms with Crippen LogP contribution in [0.15, 0.2) is 6.20 Å². The quantitative estimate of drug-likeness (QED) is 0.594. The number of aromatic nitrogens is 3. The third-order valence-corrected chi connectivity index (χ3v) is 4.10. The molecule has 1 rings (SSSR count). The summed E-state index contributed by atoms with van der Waals surface area (Å²) in [7, 11) is -0.592. The molecule has 0 aliphatic heterocycles. The van der Waals surface area contributed by atoms with E-state index < -0.39 is 28.4 Å². The zero-order valence-corrected chi connectivity index (χ0v) is 11.8. The van der Waals surface area contributed by atoms with Crippen LogP contribution in [0.2, 0.25) is 0 Å². The van der Waals surface area contributed by atoms with E-state index >= 15 is 0 Å². The third kappa shape index (κ3) is 4.59. The van der Waals surface area contributed by atoms with Crippen molar-refractivity contribution in [3.63, 3.8) is 0 Å². The summed E-state index contributed by atoms with van der Waals surface area (Å²) in [4.78, 5) is 22.1. The number of amides is 1. The van der Waals surface area contributed by atoms with Crippen LogP contribution in [0.5, 0.6) is 0 Å². The normalized spacial score (nSPS) is 11.6. The maximum atomic E-state index is 11.6. The van der Waals surface area contributed by atoms with Crippen molar-refractivity contribution < 1.29 is 23.1 Å². The van der Waals surface area contributed by atoms with E-state index in [4.69, 9.17) is 5.11 Å². The Labute approximate surface area is 115 Å². The number of carbonyl (C=O) groups excluding carboxylic acids is 1. The van der Waals surface area contributed by atoms with E-state index in [1.54, 1.807) is 0 Å². The van der Waals surface area contributed by atoms with Gasteiger partial charge in [0.05, 0.1) is 11.9 Å². The van der Waals surface area contributed by atoms with E-state index in [1.807, 2.05) is 0 Å². The van der Waals surface area contributed by atoms with Crippen LogP contribution in [0.25, 0.3) is 0 Å². The van der Waals surface area contributed by atoms with Crippen LogP contribution in [-0.4, -0.2) is 71.1 Å². The van der Waals surface area contributed by atoms with Gasteiger partial charge in [-0.05, 0) is 0 Å². The maximum Gasteiger partial charge on any atom is 0.325 e. The molecule has 10 nitrogen and oxygen atoms in total. The van der Waals surface area contributed by atoms with Crippen molar-refractivity contribution >= 4 is 21.9 Å². The number of hydrogen-bond donors (Lipinski definition) is 2. The number of carboxylic acids is 1. The number of hydrogen-bond acceptors (Lipinski definition) is 6. The summed E-state index contributed by atoms with van der Waals surface area (Å²) in [6.07, 6.45) is 1.17. The first-order chi connectivity index (χ1) is 9.22. The molecule has 0 spiro atoms. The van der Waals surface area contributed by atoms with Crippen LogP contribution in [-0.2, 0) is 21.4 Å². The smallest absolute Gasteiger partial charge is 0.325 e. The first kappa shape index (κ1) is 16.0. The fraction of sp³-hybridized carbons (Fsp3) is 0.556. The Bertz CT molecular complexity index is 594. The van der Waals surface area contributed by atoms with Gasteiger partial charge in [-0.2, -0.15) is 0 Å². The Morgan fingerprint density at radius 3 is 2.65 bits per heavy atom. The van der Waals surface area contributed by atoms with Gasteiger partial charge in [0.2, 0.25) is 10.0 Å². The molecule has 20 heavy (non-hydrogen) atoms. The lowest BCUT2D eigenvalue weighted by molar-refractivity contribution is -0.137. The Balaban J connectivity index is 2.51. The van der Waals surface area contributed by atoms with E-state index in [0.29, 0.717) is 0 Å². The molecule has 0 aliphatic rings. The van der Waals surface area contributed by atoms with E-state index in [-0.39, 0.29) is 18.0 Å². The SMILES string of the molecule is CN(C)S(=O)(=O)CCNC(=O)c1cn(CC(=O)O)nn1. The molecule has 112 valence electrons. The topological polar surface area (TPSA) is 134 Å². The molecule has 2 N–H and O–H groups in total. The molecule has 0 fully saturated rings. The van der Waals surface area contributed by atoms with Crippen molar-refractivity contribution in [3.8, 4) is 0 Å². The molecule has 0 bridgehead atoms. The highest BCUT2D eigenvalue weighted by atomic mass is 32.2. The number of rotatable bonds is 7. The largest absolute Gasteiger partial charge is 0.480 e. The number of sulfonamides is 1. The van der Waals surface area contributed by atoms with Gasteiger partial charge in [-0.3, -0.25) is 9.59 Å². The highest BCUT2D eigenvalue weighted by Gasteiger charge is 2.16. The van der Waals surface area contributed by atoms with Gasteiger partial charge in [0.1, 0.15) is 6.54 Å². The number of carbonyl (C=O) groups is 2. The van der Waals surface area contributed by atoms with Gasteiger partial charge in [0.15, 0.2) is 5.69 Å². The minimum atomic E-state index is -3.39. The molecule has 0 saturated carbocycles. The molecule has 0 radical (unpaired) electrons. The van der Waals surface area contributed by atoms with Gasteiger partial charge in [0.25, 0.3) is 5.91 Å². The second-order valence-electron chi connectivity index (χ2n) is 4.05. The predicted octanol–water partition coefficient (Wildman–Crippen LogP) is -2.02. The van der Waals surface area contributed by atoms with Crippen molar-refractivity contribution in [2.45, 2.75) is 6.54 Å². The molecule has 0 aromatic carbocycles. The molecule has 0 atom stereocenters. The summed E-state index contributed by atoms with van der Waals surface area (Å²) in [5.74, 6) is -1.97. The number of aliphatic carboxylic acids is 1. The zero-order chi connectivity index (χ0) is 15.3. The van der Waals surface area contributed by atoms with Crippen molar-refractivity contribution in [2.75, 3.05) is 26.4 Å². The van der Waals surface area contributed by atoms with Crippen molar-refractivity contribution in [1.29, 1.82) is 0 Å². The molecule has 0 unspecified atom stereocenters. The molecule has 1 amide bonds. The Hall–Kier alpha value is -2.01. The Morgan fingerprint density at radius 1 is 1.45 bits per heavy atom.